The summed E-state index contributed by atoms with van der Waals surface area (Å²) in [6.07, 6.45) is 0. The molecule has 126 valence electrons. The second kappa shape index (κ2) is 6.66. The predicted molar refractivity (Wildman–Crippen MR) is 92.2 cm³/mol. The van der Waals surface area contributed by atoms with Crippen LogP contribution in [-0.2, 0) is 4.74 Å². The SMILES string of the molecule is CN=C(NCC1(C)COC1)N1CCN(c2ccccc2O)CC1. The summed E-state index contributed by atoms with van der Waals surface area (Å²) in [6.45, 7) is 8.28. The molecule has 2 saturated heterocycles. The Kier molecular flexibility index (Phi) is 4.61. The van der Waals surface area contributed by atoms with E-state index in [2.05, 4.69) is 27.0 Å². The molecule has 0 aromatic heterocycles. The first-order valence-electron chi connectivity index (χ1n) is 8.18. The lowest BCUT2D eigenvalue weighted by Gasteiger charge is -2.41. The molecule has 1 aromatic carbocycles. The number of benzene rings is 1. The van der Waals surface area contributed by atoms with Gasteiger partial charge in [-0.15, -0.1) is 0 Å². The Balaban J connectivity index is 1.54. The molecule has 2 aliphatic rings. The predicted octanol–water partition coefficient (Wildman–Crippen LogP) is 1.13. The van der Waals surface area contributed by atoms with Crippen molar-refractivity contribution in [2.24, 2.45) is 10.4 Å². The van der Waals surface area contributed by atoms with Gasteiger partial charge in [-0.2, -0.15) is 0 Å². The Labute approximate surface area is 137 Å². The van der Waals surface area contributed by atoms with Gasteiger partial charge in [0.05, 0.1) is 18.9 Å². The quantitative estimate of drug-likeness (QED) is 0.646. The van der Waals surface area contributed by atoms with Gasteiger partial charge in [-0.05, 0) is 12.1 Å². The number of para-hydroxylation sites is 2. The van der Waals surface area contributed by atoms with Crippen molar-refractivity contribution >= 4 is 11.6 Å². The highest BCUT2D eigenvalue weighted by Gasteiger charge is 2.34. The fourth-order valence-corrected chi connectivity index (χ4v) is 3.07. The summed E-state index contributed by atoms with van der Waals surface area (Å²) < 4.78 is 5.30. The minimum Gasteiger partial charge on any atom is -0.506 e. The fourth-order valence-electron chi connectivity index (χ4n) is 3.07. The minimum atomic E-state index is 0.230. The van der Waals surface area contributed by atoms with E-state index in [1.807, 2.05) is 25.2 Å². The number of nitrogens with one attached hydrogen (secondary N) is 1. The number of aromatic hydroxyl groups is 1. The summed E-state index contributed by atoms with van der Waals surface area (Å²) in [5, 5.41) is 13.5. The van der Waals surface area contributed by atoms with E-state index < -0.39 is 0 Å². The Morgan fingerprint density at radius 3 is 2.52 bits per heavy atom. The maximum absolute atomic E-state index is 9.99. The average molecular weight is 318 g/mol. The molecule has 2 fully saturated rings. The van der Waals surface area contributed by atoms with Crippen molar-refractivity contribution in [3.8, 4) is 5.75 Å². The zero-order valence-corrected chi connectivity index (χ0v) is 14.0. The molecule has 0 spiro atoms. The third-order valence-electron chi connectivity index (χ3n) is 4.59. The van der Waals surface area contributed by atoms with Gasteiger partial charge in [0.2, 0.25) is 0 Å². The molecule has 2 heterocycles. The summed E-state index contributed by atoms with van der Waals surface area (Å²) in [4.78, 5) is 8.91. The lowest BCUT2D eigenvalue weighted by atomic mass is 9.89. The molecule has 1 aromatic rings. The molecule has 6 nitrogen and oxygen atoms in total. The van der Waals surface area contributed by atoms with Gasteiger partial charge in [0.25, 0.3) is 0 Å². The molecule has 3 rings (SSSR count). The summed E-state index contributed by atoms with van der Waals surface area (Å²) in [5.74, 6) is 1.30. The van der Waals surface area contributed by atoms with Crippen molar-refractivity contribution < 1.29 is 9.84 Å². The van der Waals surface area contributed by atoms with Crippen molar-refractivity contribution in [1.82, 2.24) is 10.2 Å². The number of nitrogens with zero attached hydrogens (tertiary/aromatic N) is 3. The molecular formula is C17H26N4O2. The van der Waals surface area contributed by atoms with E-state index in [0.29, 0.717) is 5.75 Å². The van der Waals surface area contributed by atoms with Crippen molar-refractivity contribution in [3.63, 3.8) is 0 Å². The van der Waals surface area contributed by atoms with Gasteiger partial charge in [0, 0.05) is 45.2 Å². The van der Waals surface area contributed by atoms with Crippen LogP contribution in [0.25, 0.3) is 0 Å². The van der Waals surface area contributed by atoms with Crippen LogP contribution < -0.4 is 10.2 Å². The Morgan fingerprint density at radius 2 is 1.96 bits per heavy atom. The van der Waals surface area contributed by atoms with Crippen LogP contribution in [0, 0.1) is 5.41 Å². The van der Waals surface area contributed by atoms with Crippen molar-refractivity contribution in [2.75, 3.05) is 57.9 Å². The van der Waals surface area contributed by atoms with Crippen LogP contribution in [0.15, 0.2) is 29.3 Å². The normalized spacial score (nSPS) is 21.0. The zero-order chi connectivity index (χ0) is 16.3. The lowest BCUT2D eigenvalue weighted by molar-refractivity contribution is -0.0972. The largest absolute Gasteiger partial charge is 0.506 e. The summed E-state index contributed by atoms with van der Waals surface area (Å²) in [5.41, 5.74) is 1.14. The van der Waals surface area contributed by atoms with Gasteiger partial charge in [-0.25, -0.2) is 0 Å². The van der Waals surface area contributed by atoms with Gasteiger partial charge in [0.15, 0.2) is 5.96 Å². The number of aliphatic imine (C=N–C) groups is 1. The first-order valence-corrected chi connectivity index (χ1v) is 8.18. The summed E-state index contributed by atoms with van der Waals surface area (Å²) >= 11 is 0. The summed E-state index contributed by atoms with van der Waals surface area (Å²) in [6, 6.07) is 7.52. The molecular weight excluding hydrogens is 292 g/mol. The maximum atomic E-state index is 9.99. The van der Waals surface area contributed by atoms with E-state index in [4.69, 9.17) is 4.74 Å². The molecule has 6 heteroatoms. The monoisotopic (exact) mass is 318 g/mol. The van der Waals surface area contributed by atoms with Crippen LogP contribution in [-0.4, -0.2) is 69.0 Å². The van der Waals surface area contributed by atoms with Crippen LogP contribution in [0.3, 0.4) is 0 Å². The molecule has 2 aliphatic heterocycles. The van der Waals surface area contributed by atoms with Gasteiger partial charge in [-0.1, -0.05) is 19.1 Å². The van der Waals surface area contributed by atoms with Gasteiger partial charge in [-0.3, -0.25) is 4.99 Å². The van der Waals surface area contributed by atoms with Gasteiger partial charge >= 0.3 is 0 Å². The fraction of sp³-hybridized carbons (Fsp3) is 0.588. The Bertz CT molecular complexity index is 563. The topological polar surface area (TPSA) is 60.3 Å². The number of hydrogen-bond acceptors (Lipinski definition) is 4. The molecule has 0 amide bonds. The standard InChI is InChI=1S/C17H26N4O2/c1-17(12-23-13-17)11-19-16(18-2)21-9-7-20(8-10-21)14-5-3-4-6-15(14)22/h3-6,22H,7-13H2,1-2H3,(H,18,19). The lowest BCUT2D eigenvalue weighted by Crippen LogP contribution is -2.56. The van der Waals surface area contributed by atoms with Crippen LogP contribution in [0.4, 0.5) is 5.69 Å². The maximum Gasteiger partial charge on any atom is 0.193 e. The third-order valence-corrected chi connectivity index (χ3v) is 4.59. The molecule has 0 bridgehead atoms. The van der Waals surface area contributed by atoms with E-state index in [9.17, 15) is 5.11 Å². The van der Waals surface area contributed by atoms with E-state index in [1.165, 1.54) is 0 Å². The molecule has 0 unspecified atom stereocenters. The van der Waals surface area contributed by atoms with Crippen molar-refractivity contribution in [1.29, 1.82) is 0 Å². The number of phenols is 1. The number of anilines is 1. The highest BCUT2D eigenvalue weighted by Crippen LogP contribution is 2.27. The van der Waals surface area contributed by atoms with Gasteiger partial charge in [0.1, 0.15) is 5.75 Å². The van der Waals surface area contributed by atoms with Gasteiger partial charge < -0.3 is 25.0 Å². The highest BCUT2D eigenvalue weighted by atomic mass is 16.5. The molecule has 0 saturated carbocycles. The van der Waals surface area contributed by atoms with E-state index in [-0.39, 0.29) is 5.41 Å². The average Bonchev–Trinajstić information content (AvgIpc) is 2.55. The number of ether oxygens (including phenoxy) is 1. The number of rotatable bonds is 3. The Morgan fingerprint density at radius 1 is 1.26 bits per heavy atom. The zero-order valence-electron chi connectivity index (χ0n) is 14.0. The minimum absolute atomic E-state index is 0.230. The molecule has 0 atom stereocenters. The first kappa shape index (κ1) is 15.9. The summed E-state index contributed by atoms with van der Waals surface area (Å²) in [7, 11) is 1.83. The second-order valence-electron chi connectivity index (χ2n) is 6.67. The second-order valence-corrected chi connectivity index (χ2v) is 6.67. The van der Waals surface area contributed by atoms with E-state index >= 15 is 0 Å². The van der Waals surface area contributed by atoms with Crippen molar-refractivity contribution in [3.05, 3.63) is 24.3 Å². The van der Waals surface area contributed by atoms with Crippen LogP contribution >= 0.6 is 0 Å². The highest BCUT2D eigenvalue weighted by molar-refractivity contribution is 5.80. The smallest absolute Gasteiger partial charge is 0.193 e. The number of phenolic OH excluding ortho intramolecular Hbond substituents is 1. The van der Waals surface area contributed by atoms with E-state index in [1.54, 1.807) is 6.07 Å². The molecule has 0 aliphatic carbocycles. The third kappa shape index (κ3) is 3.52. The number of hydrogen-bond donors (Lipinski definition) is 2. The Hall–Kier alpha value is -1.95. The van der Waals surface area contributed by atoms with Crippen LogP contribution in [0.5, 0.6) is 5.75 Å². The van der Waals surface area contributed by atoms with E-state index in [0.717, 1.165) is 57.6 Å². The molecule has 0 radical (unpaired) electrons. The molecule has 23 heavy (non-hydrogen) atoms. The molecule has 2 N–H and O–H groups in total. The number of piperazine rings is 1. The first-order chi connectivity index (χ1) is 11.1. The van der Waals surface area contributed by atoms with Crippen LogP contribution in [0.1, 0.15) is 6.92 Å². The number of guanidine groups is 1. The van der Waals surface area contributed by atoms with Crippen LogP contribution in [0.2, 0.25) is 0 Å². The van der Waals surface area contributed by atoms with Crippen molar-refractivity contribution in [2.45, 2.75) is 6.92 Å².